The zero-order valence-corrected chi connectivity index (χ0v) is 13.2. The minimum Gasteiger partial charge on any atom is -0.496 e. The van der Waals surface area contributed by atoms with Gasteiger partial charge in [-0.25, -0.2) is 0 Å². The number of hydrogen-bond donors (Lipinski definition) is 2. The summed E-state index contributed by atoms with van der Waals surface area (Å²) >= 11 is 3.64. The standard InChI is InChI=1S/C14H23BrN2O/c1-8-9(2)14(18-4)12(10(3)13(8)15)11(17)6-5-7-16/h11H,5-7,16-17H2,1-4H3. The summed E-state index contributed by atoms with van der Waals surface area (Å²) in [5.74, 6) is 0.915. The van der Waals surface area contributed by atoms with Gasteiger partial charge in [-0.3, -0.25) is 0 Å². The molecule has 0 radical (unpaired) electrons. The molecule has 0 spiro atoms. The maximum Gasteiger partial charge on any atom is 0.127 e. The van der Waals surface area contributed by atoms with E-state index in [-0.39, 0.29) is 6.04 Å². The van der Waals surface area contributed by atoms with Crippen LogP contribution in [0.3, 0.4) is 0 Å². The minimum absolute atomic E-state index is 0.0286. The lowest BCUT2D eigenvalue weighted by atomic mass is 9.92. The summed E-state index contributed by atoms with van der Waals surface area (Å²) in [5.41, 5.74) is 16.5. The SMILES string of the molecule is COc1c(C)c(C)c(Br)c(C)c1C(N)CCCN. The Labute approximate surface area is 118 Å². The van der Waals surface area contributed by atoms with Crippen molar-refractivity contribution in [3.05, 3.63) is 26.7 Å². The number of methoxy groups -OCH3 is 1. The molecule has 1 aromatic carbocycles. The number of rotatable bonds is 5. The average molecular weight is 315 g/mol. The van der Waals surface area contributed by atoms with Gasteiger partial charge >= 0.3 is 0 Å². The first kappa shape index (κ1) is 15.5. The Morgan fingerprint density at radius 2 is 1.78 bits per heavy atom. The highest BCUT2D eigenvalue weighted by Gasteiger charge is 2.21. The molecule has 1 rings (SSSR count). The fourth-order valence-corrected chi connectivity index (χ4v) is 2.81. The first-order chi connectivity index (χ1) is 8.45. The van der Waals surface area contributed by atoms with Gasteiger partial charge in [0.15, 0.2) is 0 Å². The summed E-state index contributed by atoms with van der Waals surface area (Å²) in [7, 11) is 1.70. The van der Waals surface area contributed by atoms with Crippen LogP contribution in [0.2, 0.25) is 0 Å². The summed E-state index contributed by atoms with van der Waals surface area (Å²) in [6.45, 7) is 6.90. The van der Waals surface area contributed by atoms with Gasteiger partial charge < -0.3 is 16.2 Å². The molecule has 0 saturated carbocycles. The Bertz CT molecular complexity index is 433. The summed E-state index contributed by atoms with van der Waals surface area (Å²) in [6, 6.07) is -0.0286. The van der Waals surface area contributed by atoms with E-state index in [1.165, 1.54) is 11.1 Å². The highest BCUT2D eigenvalue weighted by molar-refractivity contribution is 9.10. The Hall–Kier alpha value is -0.580. The van der Waals surface area contributed by atoms with Gasteiger partial charge in [-0.05, 0) is 56.8 Å². The van der Waals surface area contributed by atoms with E-state index in [9.17, 15) is 0 Å². The zero-order chi connectivity index (χ0) is 13.9. The zero-order valence-electron chi connectivity index (χ0n) is 11.6. The monoisotopic (exact) mass is 314 g/mol. The van der Waals surface area contributed by atoms with Crippen LogP contribution in [-0.2, 0) is 0 Å². The molecule has 1 aromatic rings. The van der Waals surface area contributed by atoms with Crippen molar-refractivity contribution in [2.24, 2.45) is 11.5 Å². The van der Waals surface area contributed by atoms with E-state index in [0.29, 0.717) is 6.54 Å². The number of nitrogens with two attached hydrogens (primary N) is 2. The molecule has 0 heterocycles. The predicted octanol–water partition coefficient (Wildman–Crippen LogP) is 3.12. The van der Waals surface area contributed by atoms with Crippen LogP contribution in [-0.4, -0.2) is 13.7 Å². The lowest BCUT2D eigenvalue weighted by molar-refractivity contribution is 0.399. The highest BCUT2D eigenvalue weighted by atomic mass is 79.9. The second-order valence-corrected chi connectivity index (χ2v) is 5.47. The van der Waals surface area contributed by atoms with E-state index in [0.717, 1.165) is 34.2 Å². The predicted molar refractivity (Wildman–Crippen MR) is 80.1 cm³/mol. The molecule has 3 nitrogen and oxygen atoms in total. The Morgan fingerprint density at radius 1 is 1.17 bits per heavy atom. The van der Waals surface area contributed by atoms with Crippen molar-refractivity contribution >= 4 is 15.9 Å². The number of halogens is 1. The molecule has 1 atom stereocenters. The molecule has 4 N–H and O–H groups in total. The van der Waals surface area contributed by atoms with Crippen molar-refractivity contribution in [1.82, 2.24) is 0 Å². The van der Waals surface area contributed by atoms with Gasteiger partial charge in [-0.15, -0.1) is 0 Å². The molecule has 0 aliphatic carbocycles. The maximum atomic E-state index is 6.29. The molecule has 0 saturated heterocycles. The lowest BCUT2D eigenvalue weighted by Gasteiger charge is -2.23. The van der Waals surface area contributed by atoms with Gasteiger partial charge in [0.1, 0.15) is 5.75 Å². The highest BCUT2D eigenvalue weighted by Crippen LogP contribution is 2.39. The van der Waals surface area contributed by atoms with Crippen LogP contribution in [0.25, 0.3) is 0 Å². The van der Waals surface area contributed by atoms with E-state index in [4.69, 9.17) is 16.2 Å². The Morgan fingerprint density at radius 3 is 2.28 bits per heavy atom. The van der Waals surface area contributed by atoms with E-state index in [1.54, 1.807) is 7.11 Å². The van der Waals surface area contributed by atoms with Gasteiger partial charge in [0.25, 0.3) is 0 Å². The van der Waals surface area contributed by atoms with Gasteiger partial charge in [0.2, 0.25) is 0 Å². The number of benzene rings is 1. The third-order valence-corrected chi connectivity index (χ3v) is 4.69. The van der Waals surface area contributed by atoms with Crippen molar-refractivity contribution in [2.45, 2.75) is 39.7 Å². The third-order valence-electron chi connectivity index (χ3n) is 3.50. The molecule has 18 heavy (non-hydrogen) atoms. The largest absolute Gasteiger partial charge is 0.496 e. The molecule has 0 aromatic heterocycles. The molecule has 1 unspecified atom stereocenters. The fourth-order valence-electron chi connectivity index (χ4n) is 2.30. The summed E-state index contributed by atoms with van der Waals surface area (Å²) < 4.78 is 6.69. The third kappa shape index (κ3) is 2.87. The van der Waals surface area contributed by atoms with Crippen molar-refractivity contribution in [2.75, 3.05) is 13.7 Å². The summed E-state index contributed by atoms with van der Waals surface area (Å²) in [4.78, 5) is 0. The first-order valence-electron chi connectivity index (χ1n) is 6.24. The van der Waals surface area contributed by atoms with Crippen LogP contribution in [0, 0.1) is 20.8 Å². The van der Waals surface area contributed by atoms with Crippen molar-refractivity contribution < 1.29 is 4.74 Å². The fraction of sp³-hybridized carbons (Fsp3) is 0.571. The van der Waals surface area contributed by atoms with Crippen molar-refractivity contribution in [1.29, 1.82) is 0 Å². The molecule has 0 amide bonds. The average Bonchev–Trinajstić information content (AvgIpc) is 2.37. The second kappa shape index (κ2) is 6.55. The summed E-state index contributed by atoms with van der Waals surface area (Å²) in [5, 5.41) is 0. The molecule has 0 aliphatic rings. The molecule has 0 fully saturated rings. The quantitative estimate of drug-likeness (QED) is 0.877. The van der Waals surface area contributed by atoms with Crippen LogP contribution < -0.4 is 16.2 Å². The normalized spacial score (nSPS) is 12.6. The van der Waals surface area contributed by atoms with Crippen LogP contribution in [0.4, 0.5) is 0 Å². The molecular formula is C14H23BrN2O. The van der Waals surface area contributed by atoms with Gasteiger partial charge in [0.05, 0.1) is 7.11 Å². The maximum absolute atomic E-state index is 6.29. The topological polar surface area (TPSA) is 61.3 Å². The smallest absolute Gasteiger partial charge is 0.127 e. The van der Waals surface area contributed by atoms with E-state index >= 15 is 0 Å². The first-order valence-corrected chi connectivity index (χ1v) is 7.03. The second-order valence-electron chi connectivity index (χ2n) is 4.67. The van der Waals surface area contributed by atoms with E-state index in [2.05, 4.69) is 36.7 Å². The molecule has 0 bridgehead atoms. The van der Waals surface area contributed by atoms with Gasteiger partial charge in [-0.1, -0.05) is 15.9 Å². The van der Waals surface area contributed by atoms with Crippen LogP contribution in [0.15, 0.2) is 4.47 Å². The van der Waals surface area contributed by atoms with Crippen LogP contribution >= 0.6 is 15.9 Å². The van der Waals surface area contributed by atoms with Crippen molar-refractivity contribution in [3.63, 3.8) is 0 Å². The lowest BCUT2D eigenvalue weighted by Crippen LogP contribution is -2.16. The van der Waals surface area contributed by atoms with Gasteiger partial charge in [0, 0.05) is 16.1 Å². The molecule has 4 heteroatoms. The van der Waals surface area contributed by atoms with Crippen LogP contribution in [0.1, 0.15) is 41.1 Å². The van der Waals surface area contributed by atoms with Gasteiger partial charge in [-0.2, -0.15) is 0 Å². The van der Waals surface area contributed by atoms with E-state index in [1.807, 2.05) is 0 Å². The van der Waals surface area contributed by atoms with E-state index < -0.39 is 0 Å². The van der Waals surface area contributed by atoms with Crippen LogP contribution in [0.5, 0.6) is 5.75 Å². The Kier molecular flexibility index (Phi) is 5.63. The minimum atomic E-state index is -0.0286. The molecule has 102 valence electrons. The Balaban J connectivity index is 3.32. The van der Waals surface area contributed by atoms with Crippen molar-refractivity contribution in [3.8, 4) is 5.75 Å². The molecule has 0 aliphatic heterocycles. The number of hydrogen-bond acceptors (Lipinski definition) is 3. The summed E-state index contributed by atoms with van der Waals surface area (Å²) in [6.07, 6.45) is 1.80. The molecular weight excluding hydrogens is 292 g/mol. The number of ether oxygens (including phenoxy) is 1.